The van der Waals surface area contributed by atoms with Crippen LogP contribution < -0.4 is 10.1 Å². The average Bonchev–Trinajstić information content (AvgIpc) is 2.49. The minimum absolute atomic E-state index is 0.227. The van der Waals surface area contributed by atoms with Gasteiger partial charge in [0.15, 0.2) is 0 Å². The zero-order chi connectivity index (χ0) is 13.1. The van der Waals surface area contributed by atoms with Gasteiger partial charge in [0.1, 0.15) is 11.9 Å². The summed E-state index contributed by atoms with van der Waals surface area (Å²) < 4.78 is 6.10. The van der Waals surface area contributed by atoms with Gasteiger partial charge in [0.25, 0.3) is 0 Å². The van der Waals surface area contributed by atoms with Crippen molar-refractivity contribution in [3.05, 3.63) is 42.0 Å². The number of nitrogens with one attached hydrogen (secondary N) is 1. The molecular weight excluding hydrogens is 236 g/mol. The van der Waals surface area contributed by atoms with Gasteiger partial charge < -0.3 is 10.1 Å². The van der Waals surface area contributed by atoms with E-state index in [1.807, 2.05) is 36.4 Å². The number of rotatable bonds is 2. The highest BCUT2D eigenvalue weighted by molar-refractivity contribution is 5.92. The van der Waals surface area contributed by atoms with Crippen molar-refractivity contribution in [2.24, 2.45) is 0 Å². The molecule has 0 aliphatic carbocycles. The number of hydrogen-bond acceptors (Lipinski definition) is 3. The molecule has 0 unspecified atom stereocenters. The zero-order valence-corrected chi connectivity index (χ0v) is 10.7. The number of hydrogen-bond donors (Lipinski definition) is 1. The SMILES string of the molecule is N#Cc1ccc(O[C@H]2CCCNC2)c2ccccc12. The van der Waals surface area contributed by atoms with Gasteiger partial charge in [-0.3, -0.25) is 0 Å². The highest BCUT2D eigenvalue weighted by Crippen LogP contribution is 2.29. The first kappa shape index (κ1) is 12.0. The van der Waals surface area contributed by atoms with Crippen LogP contribution in [0.25, 0.3) is 10.8 Å². The lowest BCUT2D eigenvalue weighted by Gasteiger charge is -2.24. The Morgan fingerprint density at radius 1 is 1.16 bits per heavy atom. The average molecular weight is 252 g/mol. The molecule has 96 valence electrons. The van der Waals surface area contributed by atoms with E-state index in [2.05, 4.69) is 11.4 Å². The molecule has 0 saturated carbocycles. The number of benzene rings is 2. The summed E-state index contributed by atoms with van der Waals surface area (Å²) in [4.78, 5) is 0. The number of ether oxygens (including phenoxy) is 1. The Labute approximate surface area is 112 Å². The number of nitrogens with zero attached hydrogens (tertiary/aromatic N) is 1. The Bertz CT molecular complexity index is 624. The van der Waals surface area contributed by atoms with Crippen molar-refractivity contribution in [3.8, 4) is 11.8 Å². The molecule has 1 aliphatic rings. The Morgan fingerprint density at radius 3 is 2.74 bits per heavy atom. The van der Waals surface area contributed by atoms with E-state index < -0.39 is 0 Å². The van der Waals surface area contributed by atoms with Crippen LogP contribution in [0, 0.1) is 11.3 Å². The molecule has 1 aliphatic heterocycles. The molecule has 0 aromatic heterocycles. The van der Waals surface area contributed by atoms with Crippen LogP contribution >= 0.6 is 0 Å². The standard InChI is InChI=1S/C16H16N2O/c17-10-12-7-8-16(15-6-2-1-5-14(12)15)19-13-4-3-9-18-11-13/h1-2,5-8,13,18H,3-4,9,11H2/t13-/m0/s1. The van der Waals surface area contributed by atoms with Crippen molar-refractivity contribution in [1.29, 1.82) is 5.26 Å². The van der Waals surface area contributed by atoms with Gasteiger partial charge in [-0.2, -0.15) is 5.26 Å². The van der Waals surface area contributed by atoms with E-state index in [-0.39, 0.29) is 6.10 Å². The van der Waals surface area contributed by atoms with E-state index in [0.29, 0.717) is 5.56 Å². The van der Waals surface area contributed by atoms with Gasteiger partial charge in [-0.25, -0.2) is 0 Å². The van der Waals surface area contributed by atoms with Crippen LogP contribution in [0.1, 0.15) is 18.4 Å². The fourth-order valence-corrected chi connectivity index (χ4v) is 2.57. The fourth-order valence-electron chi connectivity index (χ4n) is 2.57. The molecule has 1 fully saturated rings. The van der Waals surface area contributed by atoms with E-state index in [1.165, 1.54) is 0 Å². The predicted octanol–water partition coefficient (Wildman–Crippen LogP) is 2.84. The summed E-state index contributed by atoms with van der Waals surface area (Å²) in [6.45, 7) is 1.97. The van der Waals surface area contributed by atoms with Crippen LogP contribution in [-0.4, -0.2) is 19.2 Å². The minimum atomic E-state index is 0.227. The predicted molar refractivity (Wildman–Crippen MR) is 75.2 cm³/mol. The first-order valence-corrected chi connectivity index (χ1v) is 6.68. The van der Waals surface area contributed by atoms with E-state index in [1.54, 1.807) is 0 Å². The van der Waals surface area contributed by atoms with Gasteiger partial charge in [-0.1, -0.05) is 24.3 Å². The first-order valence-electron chi connectivity index (χ1n) is 6.68. The van der Waals surface area contributed by atoms with E-state index in [9.17, 15) is 0 Å². The number of fused-ring (bicyclic) bond motifs is 1. The maximum atomic E-state index is 9.15. The van der Waals surface area contributed by atoms with E-state index in [0.717, 1.165) is 42.5 Å². The van der Waals surface area contributed by atoms with Crippen molar-refractivity contribution in [2.75, 3.05) is 13.1 Å². The molecule has 19 heavy (non-hydrogen) atoms. The third kappa shape index (κ3) is 2.40. The van der Waals surface area contributed by atoms with Crippen molar-refractivity contribution < 1.29 is 4.74 Å². The smallest absolute Gasteiger partial charge is 0.127 e. The van der Waals surface area contributed by atoms with Crippen molar-refractivity contribution in [3.63, 3.8) is 0 Å². The van der Waals surface area contributed by atoms with Crippen LogP contribution in [0.2, 0.25) is 0 Å². The number of piperidine rings is 1. The van der Waals surface area contributed by atoms with Crippen LogP contribution in [0.4, 0.5) is 0 Å². The second-order valence-electron chi connectivity index (χ2n) is 4.85. The summed E-state index contributed by atoms with van der Waals surface area (Å²) in [7, 11) is 0. The molecule has 0 spiro atoms. The first-order chi connectivity index (χ1) is 9.38. The fraction of sp³-hybridized carbons (Fsp3) is 0.312. The molecule has 1 N–H and O–H groups in total. The van der Waals surface area contributed by atoms with Gasteiger partial charge in [0.2, 0.25) is 0 Å². The van der Waals surface area contributed by atoms with Crippen molar-refractivity contribution in [2.45, 2.75) is 18.9 Å². The summed E-state index contributed by atoms with van der Waals surface area (Å²) in [5.74, 6) is 0.878. The molecule has 0 radical (unpaired) electrons. The van der Waals surface area contributed by atoms with Crippen LogP contribution in [0.3, 0.4) is 0 Å². The molecule has 2 aromatic rings. The van der Waals surface area contributed by atoms with Crippen molar-refractivity contribution in [1.82, 2.24) is 5.32 Å². The molecule has 3 heteroatoms. The quantitative estimate of drug-likeness (QED) is 0.894. The summed E-state index contributed by atoms with van der Waals surface area (Å²) in [5.41, 5.74) is 0.699. The van der Waals surface area contributed by atoms with Crippen LogP contribution in [0.5, 0.6) is 5.75 Å². The molecule has 1 saturated heterocycles. The van der Waals surface area contributed by atoms with Crippen LogP contribution in [0.15, 0.2) is 36.4 Å². The molecular formula is C16H16N2O. The second kappa shape index (κ2) is 5.29. The Hall–Kier alpha value is -2.05. The monoisotopic (exact) mass is 252 g/mol. The lowest BCUT2D eigenvalue weighted by molar-refractivity contribution is 0.169. The molecule has 3 rings (SSSR count). The largest absolute Gasteiger partial charge is 0.488 e. The zero-order valence-electron chi connectivity index (χ0n) is 10.7. The van der Waals surface area contributed by atoms with Gasteiger partial charge in [-0.15, -0.1) is 0 Å². The normalized spacial score (nSPS) is 19.0. The molecule has 0 amide bonds. The molecule has 3 nitrogen and oxygen atoms in total. The second-order valence-corrected chi connectivity index (χ2v) is 4.85. The highest BCUT2D eigenvalue weighted by atomic mass is 16.5. The van der Waals surface area contributed by atoms with Gasteiger partial charge in [0, 0.05) is 17.3 Å². The van der Waals surface area contributed by atoms with Gasteiger partial charge in [0.05, 0.1) is 11.6 Å². The van der Waals surface area contributed by atoms with E-state index in [4.69, 9.17) is 10.00 Å². The van der Waals surface area contributed by atoms with Gasteiger partial charge in [-0.05, 0) is 31.5 Å². The molecule has 1 heterocycles. The Balaban J connectivity index is 1.97. The highest BCUT2D eigenvalue weighted by Gasteiger charge is 2.16. The molecule has 0 bridgehead atoms. The summed E-state index contributed by atoms with van der Waals surface area (Å²) in [6.07, 6.45) is 2.46. The lowest BCUT2D eigenvalue weighted by Crippen LogP contribution is -2.37. The lowest BCUT2D eigenvalue weighted by atomic mass is 10.0. The van der Waals surface area contributed by atoms with Crippen LogP contribution in [-0.2, 0) is 0 Å². The number of nitriles is 1. The van der Waals surface area contributed by atoms with Gasteiger partial charge >= 0.3 is 0 Å². The molecule has 1 atom stereocenters. The summed E-state index contributed by atoms with van der Waals surface area (Å²) in [6, 6.07) is 13.9. The molecule has 2 aromatic carbocycles. The summed E-state index contributed by atoms with van der Waals surface area (Å²) in [5, 5.41) is 14.5. The Kier molecular flexibility index (Phi) is 3.35. The topological polar surface area (TPSA) is 45.0 Å². The maximum Gasteiger partial charge on any atom is 0.127 e. The third-order valence-electron chi connectivity index (χ3n) is 3.55. The van der Waals surface area contributed by atoms with Crippen molar-refractivity contribution >= 4 is 10.8 Å². The minimum Gasteiger partial charge on any atom is -0.488 e. The third-order valence-corrected chi connectivity index (χ3v) is 3.55. The summed E-state index contributed by atoms with van der Waals surface area (Å²) >= 11 is 0. The van der Waals surface area contributed by atoms with E-state index >= 15 is 0 Å². The maximum absolute atomic E-state index is 9.15. The Morgan fingerprint density at radius 2 is 2.00 bits per heavy atom.